The summed E-state index contributed by atoms with van der Waals surface area (Å²) in [6.45, 7) is 1.32. The Morgan fingerprint density at radius 2 is 2.27 bits per heavy atom. The molecule has 6 nitrogen and oxygen atoms in total. The summed E-state index contributed by atoms with van der Waals surface area (Å²) in [5.74, 6) is -0.761. The zero-order valence-electron chi connectivity index (χ0n) is 8.17. The van der Waals surface area contributed by atoms with Gasteiger partial charge in [-0.15, -0.1) is 0 Å². The zero-order valence-corrected chi connectivity index (χ0v) is 8.99. The molecule has 0 fully saturated rings. The summed E-state index contributed by atoms with van der Waals surface area (Å²) in [6.07, 6.45) is 4.68. The van der Waals surface area contributed by atoms with Crippen molar-refractivity contribution in [3.05, 3.63) is 12.2 Å². The number of carbonyl (C=O) groups is 1. The highest BCUT2D eigenvalue weighted by Crippen LogP contribution is 2.18. The number of amides is 1. The first-order valence-electron chi connectivity index (χ1n) is 4.30. The second kappa shape index (κ2) is 4.11. The second-order valence-corrected chi connectivity index (χ2v) is 4.85. The summed E-state index contributed by atoms with van der Waals surface area (Å²) in [6, 6.07) is 0. The first-order valence-corrected chi connectivity index (χ1v) is 5.91. The molecular formula is C8H12N2O4S. The number of allylic oxidation sites excluding steroid dienone is 1. The van der Waals surface area contributed by atoms with Crippen LogP contribution in [0.3, 0.4) is 0 Å². The van der Waals surface area contributed by atoms with E-state index in [-0.39, 0.29) is 12.3 Å². The number of hydrogen-bond donors (Lipinski definition) is 2. The van der Waals surface area contributed by atoms with Crippen molar-refractivity contribution in [3.8, 4) is 0 Å². The number of aliphatic imine (C=N–C) groups is 1. The van der Waals surface area contributed by atoms with Crippen LogP contribution in [0.4, 0.5) is 0 Å². The van der Waals surface area contributed by atoms with Gasteiger partial charge in [0.2, 0.25) is 5.91 Å². The SMILES string of the molecule is CC(=O)NC1(CCS(=O)(=O)O)C=CC=N1. The van der Waals surface area contributed by atoms with Gasteiger partial charge in [-0.05, 0) is 12.2 Å². The molecule has 1 amide bonds. The molecule has 1 heterocycles. The molecule has 1 unspecified atom stereocenters. The van der Waals surface area contributed by atoms with Crippen LogP contribution in [0.25, 0.3) is 0 Å². The van der Waals surface area contributed by atoms with Crippen molar-refractivity contribution >= 4 is 22.2 Å². The predicted octanol–water partition coefficient (Wildman–Crippen LogP) is -0.263. The third-order valence-electron chi connectivity index (χ3n) is 1.90. The Morgan fingerprint density at radius 1 is 1.60 bits per heavy atom. The fourth-order valence-corrected chi connectivity index (χ4v) is 1.86. The van der Waals surface area contributed by atoms with Gasteiger partial charge in [0.1, 0.15) is 0 Å². The first kappa shape index (κ1) is 11.9. The highest BCUT2D eigenvalue weighted by molar-refractivity contribution is 7.85. The normalized spacial score (nSPS) is 24.4. The Morgan fingerprint density at radius 3 is 2.67 bits per heavy atom. The van der Waals surface area contributed by atoms with Gasteiger partial charge in [0.15, 0.2) is 5.66 Å². The number of hydrogen-bond acceptors (Lipinski definition) is 4. The monoisotopic (exact) mass is 232 g/mol. The van der Waals surface area contributed by atoms with Crippen LogP contribution in [0, 0.1) is 0 Å². The molecule has 0 aromatic rings. The van der Waals surface area contributed by atoms with Gasteiger partial charge in [-0.1, -0.05) is 0 Å². The molecule has 0 radical (unpaired) electrons. The first-order chi connectivity index (χ1) is 6.83. The van der Waals surface area contributed by atoms with E-state index in [1.165, 1.54) is 13.1 Å². The van der Waals surface area contributed by atoms with Crippen LogP contribution in [-0.2, 0) is 14.9 Å². The van der Waals surface area contributed by atoms with Gasteiger partial charge in [-0.25, -0.2) is 0 Å². The Balaban J connectivity index is 2.72. The standard InChI is InChI=1S/C8H12N2O4S/c1-7(11)10-8(3-2-5-9-8)4-6-15(12,13)14/h2-3,5H,4,6H2,1H3,(H,10,11)(H,12,13,14). The molecule has 1 rings (SSSR count). The van der Waals surface area contributed by atoms with E-state index < -0.39 is 21.5 Å². The summed E-state index contributed by atoms with van der Waals surface area (Å²) in [5, 5.41) is 2.53. The van der Waals surface area contributed by atoms with Crippen LogP contribution in [0.5, 0.6) is 0 Å². The van der Waals surface area contributed by atoms with Crippen molar-refractivity contribution < 1.29 is 17.8 Å². The number of rotatable bonds is 4. The van der Waals surface area contributed by atoms with E-state index in [0.29, 0.717) is 0 Å². The lowest BCUT2D eigenvalue weighted by Crippen LogP contribution is -2.44. The molecule has 15 heavy (non-hydrogen) atoms. The fraction of sp³-hybridized carbons (Fsp3) is 0.500. The third kappa shape index (κ3) is 3.80. The smallest absolute Gasteiger partial charge is 0.265 e. The largest absolute Gasteiger partial charge is 0.329 e. The molecule has 0 saturated heterocycles. The Hall–Kier alpha value is -1.21. The number of nitrogens with zero attached hydrogens (tertiary/aromatic N) is 1. The minimum absolute atomic E-state index is 0.0123. The molecule has 0 spiro atoms. The maximum absolute atomic E-state index is 10.9. The second-order valence-electron chi connectivity index (χ2n) is 3.28. The number of carbonyl (C=O) groups excluding carboxylic acids is 1. The van der Waals surface area contributed by atoms with Crippen molar-refractivity contribution in [2.45, 2.75) is 19.0 Å². The molecule has 0 bridgehead atoms. The summed E-state index contributed by atoms with van der Waals surface area (Å²) in [7, 11) is -4.04. The van der Waals surface area contributed by atoms with Crippen LogP contribution in [0.15, 0.2) is 17.1 Å². The predicted molar refractivity (Wildman–Crippen MR) is 55.2 cm³/mol. The van der Waals surface area contributed by atoms with Crippen molar-refractivity contribution in [3.63, 3.8) is 0 Å². The molecular weight excluding hydrogens is 220 g/mol. The van der Waals surface area contributed by atoms with E-state index in [4.69, 9.17) is 4.55 Å². The van der Waals surface area contributed by atoms with Gasteiger partial charge < -0.3 is 5.32 Å². The van der Waals surface area contributed by atoms with E-state index >= 15 is 0 Å². The fourth-order valence-electron chi connectivity index (χ4n) is 1.30. The Bertz CT molecular complexity index is 398. The molecule has 1 aliphatic heterocycles. The van der Waals surface area contributed by atoms with E-state index in [1.807, 2.05) is 0 Å². The van der Waals surface area contributed by atoms with Gasteiger partial charge in [0.05, 0.1) is 5.75 Å². The van der Waals surface area contributed by atoms with E-state index in [1.54, 1.807) is 12.2 Å². The van der Waals surface area contributed by atoms with E-state index in [0.717, 1.165) is 0 Å². The van der Waals surface area contributed by atoms with Crippen molar-refractivity contribution in [1.82, 2.24) is 5.32 Å². The van der Waals surface area contributed by atoms with Crippen LogP contribution in [0.2, 0.25) is 0 Å². The summed E-state index contributed by atoms with van der Waals surface area (Å²) >= 11 is 0. The van der Waals surface area contributed by atoms with Gasteiger partial charge in [0.25, 0.3) is 10.1 Å². The molecule has 84 valence electrons. The highest BCUT2D eigenvalue weighted by atomic mass is 32.2. The molecule has 0 aromatic carbocycles. The van der Waals surface area contributed by atoms with Gasteiger partial charge in [-0.2, -0.15) is 8.42 Å². The maximum atomic E-state index is 10.9. The van der Waals surface area contributed by atoms with Gasteiger partial charge >= 0.3 is 0 Å². The minimum Gasteiger partial charge on any atom is -0.329 e. The highest BCUT2D eigenvalue weighted by Gasteiger charge is 2.30. The summed E-state index contributed by atoms with van der Waals surface area (Å²) in [4.78, 5) is 14.9. The topological polar surface area (TPSA) is 95.8 Å². The minimum atomic E-state index is -4.04. The molecule has 7 heteroatoms. The quantitative estimate of drug-likeness (QED) is 0.652. The third-order valence-corrected chi connectivity index (χ3v) is 2.62. The van der Waals surface area contributed by atoms with Crippen LogP contribution < -0.4 is 5.32 Å². The van der Waals surface area contributed by atoms with Crippen LogP contribution >= 0.6 is 0 Å². The molecule has 0 aliphatic carbocycles. The molecule has 0 saturated carbocycles. The van der Waals surface area contributed by atoms with Crippen molar-refractivity contribution in [2.75, 3.05) is 5.75 Å². The lowest BCUT2D eigenvalue weighted by atomic mass is 10.1. The molecule has 2 N–H and O–H groups in total. The maximum Gasteiger partial charge on any atom is 0.265 e. The van der Waals surface area contributed by atoms with E-state index in [9.17, 15) is 13.2 Å². The van der Waals surface area contributed by atoms with Gasteiger partial charge in [0, 0.05) is 19.6 Å². The van der Waals surface area contributed by atoms with Crippen LogP contribution in [-0.4, -0.2) is 36.5 Å². The lowest BCUT2D eigenvalue weighted by Gasteiger charge is -2.24. The Labute approximate surface area is 87.8 Å². The average Bonchev–Trinajstić information content (AvgIpc) is 2.48. The zero-order chi connectivity index (χ0) is 11.5. The van der Waals surface area contributed by atoms with Crippen LogP contribution in [0.1, 0.15) is 13.3 Å². The Kier molecular flexibility index (Phi) is 3.25. The van der Waals surface area contributed by atoms with Crippen molar-refractivity contribution in [1.29, 1.82) is 0 Å². The van der Waals surface area contributed by atoms with Crippen molar-refractivity contribution in [2.24, 2.45) is 4.99 Å². The van der Waals surface area contributed by atoms with E-state index in [2.05, 4.69) is 10.3 Å². The molecule has 1 aliphatic rings. The average molecular weight is 232 g/mol. The molecule has 1 atom stereocenters. The summed E-state index contributed by atoms with van der Waals surface area (Å²) < 4.78 is 29.8. The lowest BCUT2D eigenvalue weighted by molar-refractivity contribution is -0.120. The molecule has 0 aromatic heterocycles. The number of nitrogens with one attached hydrogen (secondary N) is 1. The van der Waals surface area contributed by atoms with Gasteiger partial charge in [-0.3, -0.25) is 14.3 Å². The summed E-state index contributed by atoms with van der Waals surface area (Å²) in [5.41, 5.74) is -1.03.